The molecule has 5 heterocycles. The van der Waals surface area contributed by atoms with Gasteiger partial charge in [-0.2, -0.15) is 0 Å². The molecule has 0 radical (unpaired) electrons. The van der Waals surface area contributed by atoms with Gasteiger partial charge >= 0.3 is 11.6 Å². The summed E-state index contributed by atoms with van der Waals surface area (Å²) >= 11 is 0. The number of esters is 1. The maximum absolute atomic E-state index is 13.6. The minimum atomic E-state index is -1.12. The maximum Gasteiger partial charge on any atom is 0.336 e. The molecule has 11 heteroatoms. The number of ether oxygens (including phenoxy) is 2. The van der Waals surface area contributed by atoms with Crippen molar-refractivity contribution >= 4 is 50.3 Å². The second kappa shape index (κ2) is 11.3. The third-order valence-corrected chi connectivity index (χ3v) is 12.2. The Kier molecular flexibility index (Phi) is 7.51. The molecule has 4 aliphatic rings. The maximum atomic E-state index is 13.6. The number of hydrogen-bond acceptors (Lipinski definition) is 10. The van der Waals surface area contributed by atoms with Crippen molar-refractivity contribution in [3.63, 3.8) is 0 Å². The highest BCUT2D eigenvalue weighted by Gasteiger charge is 2.64. The van der Waals surface area contributed by atoms with Crippen LogP contribution in [-0.4, -0.2) is 57.1 Å². The van der Waals surface area contributed by atoms with Crippen LogP contribution in [-0.2, 0) is 27.2 Å². The minimum absolute atomic E-state index is 0.0652. The number of nitrogens with two attached hydrogens (primary N) is 1. The number of pyridine rings is 1. The molecule has 0 bridgehead atoms. The Morgan fingerprint density at radius 1 is 1.20 bits per heavy atom. The third-order valence-electron chi connectivity index (χ3n) is 9.84. The van der Waals surface area contributed by atoms with Gasteiger partial charge in [0.2, 0.25) is 5.91 Å². The number of carbonyl (C=O) groups excluding carboxylic acids is 2. The highest BCUT2D eigenvalue weighted by molar-refractivity contribution is 8.76. The van der Waals surface area contributed by atoms with Crippen LogP contribution in [0.1, 0.15) is 56.2 Å². The molecule has 7 rings (SSSR count). The smallest absolute Gasteiger partial charge is 0.336 e. The second-order valence-electron chi connectivity index (χ2n) is 12.5. The molecule has 3 aliphatic heterocycles. The van der Waals surface area contributed by atoms with Crippen molar-refractivity contribution in [1.29, 1.82) is 0 Å². The van der Waals surface area contributed by atoms with Gasteiger partial charge in [-0.25, -0.2) is 14.6 Å². The molecule has 2 aromatic heterocycles. The number of fused-ring (bicyclic) bond motifs is 7. The largest absolute Gasteiger partial charge is 0.481 e. The number of anilines is 1. The van der Waals surface area contributed by atoms with Gasteiger partial charge in [-0.1, -0.05) is 39.3 Å². The topological polar surface area (TPSA) is 125 Å². The number of carbonyl (C=O) groups is 2. The van der Waals surface area contributed by atoms with Crippen molar-refractivity contribution in [2.75, 3.05) is 23.8 Å². The lowest BCUT2D eigenvalue weighted by Gasteiger charge is -2.52. The van der Waals surface area contributed by atoms with Crippen LogP contribution in [0.5, 0.6) is 5.75 Å². The predicted octanol–water partition coefficient (Wildman–Crippen LogP) is 5.36. The molecule has 0 saturated carbocycles. The molecule has 45 heavy (non-hydrogen) atoms. The molecular weight excluding hydrogens is 611 g/mol. The second-order valence-corrected chi connectivity index (χ2v) is 15.0. The first-order valence-electron chi connectivity index (χ1n) is 15.2. The van der Waals surface area contributed by atoms with Gasteiger partial charge < -0.3 is 24.5 Å². The Morgan fingerprint density at radius 2 is 2.04 bits per heavy atom. The summed E-state index contributed by atoms with van der Waals surface area (Å²) in [7, 11) is 3.55. The number of nitrogens with zero attached hydrogens (tertiary/aromatic N) is 2. The number of nitrogen functional groups attached to an aromatic ring is 1. The van der Waals surface area contributed by atoms with E-state index in [0.717, 1.165) is 46.4 Å². The van der Waals surface area contributed by atoms with Crippen LogP contribution < -0.4 is 16.1 Å². The zero-order valence-electron chi connectivity index (χ0n) is 25.5. The minimum Gasteiger partial charge on any atom is -0.481 e. The van der Waals surface area contributed by atoms with Gasteiger partial charge in [0.1, 0.15) is 17.2 Å². The molecule has 2 N–H and O–H groups in total. The fraction of sp³-hybridized carbons (Fsp3) is 0.412. The Labute approximate surface area is 269 Å². The zero-order chi connectivity index (χ0) is 31.5. The molecule has 1 saturated heterocycles. The summed E-state index contributed by atoms with van der Waals surface area (Å²) in [4.78, 5) is 45.6. The van der Waals surface area contributed by atoms with E-state index in [1.165, 1.54) is 6.07 Å². The lowest BCUT2D eigenvalue weighted by atomic mass is 9.61. The first-order valence-corrected chi connectivity index (χ1v) is 17.7. The highest BCUT2D eigenvalue weighted by Crippen LogP contribution is 2.58. The molecule has 1 amide bonds. The summed E-state index contributed by atoms with van der Waals surface area (Å²) in [5, 5.41) is 0.776. The molecule has 1 aromatic carbocycles. The molecular formula is C34H35N3O6S2. The quantitative estimate of drug-likeness (QED) is 0.128. The number of rotatable bonds is 2. The van der Waals surface area contributed by atoms with Crippen molar-refractivity contribution in [1.82, 2.24) is 9.88 Å². The van der Waals surface area contributed by atoms with Gasteiger partial charge in [0, 0.05) is 66.2 Å². The average Bonchev–Trinajstić information content (AvgIpc) is 3.36. The van der Waals surface area contributed by atoms with Gasteiger partial charge in [-0.3, -0.25) is 4.79 Å². The average molecular weight is 646 g/mol. The summed E-state index contributed by atoms with van der Waals surface area (Å²) < 4.78 is 19.1. The number of aromatic nitrogens is 1. The molecule has 9 nitrogen and oxygen atoms in total. The first-order chi connectivity index (χ1) is 21.6. The number of benzene rings is 1. The summed E-state index contributed by atoms with van der Waals surface area (Å²) in [5.41, 5.74) is 8.27. The van der Waals surface area contributed by atoms with Crippen LogP contribution in [0, 0.1) is 0 Å². The molecule has 234 valence electrons. The highest BCUT2D eigenvalue weighted by atomic mass is 33.1. The standard InChI is InChI=1S/C34H35N3O6S2/c1-4-19(2)32(40)43-33(3)9-7-21-17-44-45-18-24-8-10-37(24)29(38)12-23-16-36-28(35)13-25(23)31(21)34(33)15-22-11-20-5-6-30(39)41-26(20)14-27(22)42-34/h4-7,11,13-14,16,24,31H,8-10,12,15,17-18H2,1-3H3,(H2,35,36). The Bertz CT molecular complexity index is 1850. The third kappa shape index (κ3) is 5.04. The molecule has 4 atom stereocenters. The Balaban J connectivity index is 1.43. The van der Waals surface area contributed by atoms with Gasteiger partial charge in [-0.15, -0.1) is 0 Å². The van der Waals surface area contributed by atoms with E-state index in [1.807, 2.05) is 30.9 Å². The molecule has 1 aliphatic carbocycles. The van der Waals surface area contributed by atoms with E-state index >= 15 is 0 Å². The van der Waals surface area contributed by atoms with Crippen LogP contribution in [0.25, 0.3) is 11.0 Å². The zero-order valence-corrected chi connectivity index (χ0v) is 27.1. The normalized spacial score (nSPS) is 28.0. The van der Waals surface area contributed by atoms with E-state index in [4.69, 9.17) is 19.6 Å². The molecule has 1 fully saturated rings. The SMILES string of the molecule is CC=C(C)C(=O)OC1(C)CC=C2CSSCC3CCN3C(=O)Cc3cnc(N)cc3C2C12Cc1cc3ccc(=O)oc3cc1O2. The van der Waals surface area contributed by atoms with Crippen molar-refractivity contribution < 1.29 is 23.5 Å². The monoisotopic (exact) mass is 645 g/mol. The summed E-state index contributed by atoms with van der Waals surface area (Å²) in [6.07, 6.45) is 7.67. The number of amides is 1. The first kappa shape index (κ1) is 30.0. The fourth-order valence-corrected chi connectivity index (χ4v) is 9.59. The number of allylic oxidation sites excluding steroid dienone is 1. The van der Waals surface area contributed by atoms with Crippen molar-refractivity contribution in [3.05, 3.63) is 86.9 Å². The summed E-state index contributed by atoms with van der Waals surface area (Å²) in [6, 6.07) is 8.98. The van der Waals surface area contributed by atoms with Gasteiger partial charge in [0.05, 0.1) is 12.3 Å². The van der Waals surface area contributed by atoms with Crippen LogP contribution in [0.3, 0.4) is 0 Å². The van der Waals surface area contributed by atoms with Gasteiger partial charge in [0.25, 0.3) is 0 Å². The van der Waals surface area contributed by atoms with E-state index in [1.54, 1.807) is 52.9 Å². The van der Waals surface area contributed by atoms with E-state index in [9.17, 15) is 14.4 Å². The van der Waals surface area contributed by atoms with Crippen LogP contribution in [0.2, 0.25) is 0 Å². The van der Waals surface area contributed by atoms with Crippen LogP contribution in [0.4, 0.5) is 5.82 Å². The van der Waals surface area contributed by atoms with Gasteiger partial charge in [0.15, 0.2) is 11.2 Å². The van der Waals surface area contributed by atoms with E-state index in [-0.39, 0.29) is 18.4 Å². The van der Waals surface area contributed by atoms with E-state index in [0.29, 0.717) is 41.3 Å². The molecule has 1 spiro atoms. The van der Waals surface area contributed by atoms with E-state index in [2.05, 4.69) is 11.1 Å². The van der Waals surface area contributed by atoms with Crippen molar-refractivity contribution in [2.24, 2.45) is 0 Å². The lowest BCUT2D eigenvalue weighted by Crippen LogP contribution is -2.63. The number of hydrogen-bond donors (Lipinski definition) is 1. The van der Waals surface area contributed by atoms with E-state index < -0.39 is 28.7 Å². The molecule has 4 unspecified atom stereocenters. The fourth-order valence-electron chi connectivity index (χ4n) is 7.07. The van der Waals surface area contributed by atoms with Crippen LogP contribution in [0.15, 0.2) is 69.0 Å². The van der Waals surface area contributed by atoms with Crippen LogP contribution >= 0.6 is 21.6 Å². The lowest BCUT2D eigenvalue weighted by molar-refractivity contribution is -0.183. The van der Waals surface area contributed by atoms with Crippen molar-refractivity contribution in [2.45, 2.75) is 69.6 Å². The summed E-state index contributed by atoms with van der Waals surface area (Å²) in [5.74, 6) is 1.71. The van der Waals surface area contributed by atoms with Crippen molar-refractivity contribution in [3.8, 4) is 5.75 Å². The predicted molar refractivity (Wildman–Crippen MR) is 176 cm³/mol. The summed E-state index contributed by atoms with van der Waals surface area (Å²) in [6.45, 7) is 6.24. The Hall–Kier alpha value is -3.70. The van der Waals surface area contributed by atoms with Gasteiger partial charge in [-0.05, 0) is 62.1 Å². The Morgan fingerprint density at radius 3 is 2.82 bits per heavy atom. The molecule has 3 aromatic rings.